The maximum Gasteiger partial charge on any atom is 0.270 e. The molecule has 0 spiro atoms. The fraction of sp³-hybridized carbons (Fsp3) is 0. The van der Waals surface area contributed by atoms with E-state index < -0.39 is 10.8 Å². The van der Waals surface area contributed by atoms with Gasteiger partial charge in [0, 0.05) is 18.3 Å². The van der Waals surface area contributed by atoms with E-state index >= 15 is 0 Å². The van der Waals surface area contributed by atoms with Crippen LogP contribution in [0.25, 0.3) is 21.9 Å². The molecule has 4 rings (SSSR count). The zero-order valence-electron chi connectivity index (χ0n) is 15.0. The number of carbonyl (C=O) groups excluding carboxylic acids is 1. The van der Waals surface area contributed by atoms with Crippen molar-refractivity contribution in [3.05, 3.63) is 80.3 Å². The third kappa shape index (κ3) is 3.86. The van der Waals surface area contributed by atoms with Gasteiger partial charge in [-0.05, 0) is 23.8 Å². The highest BCUT2D eigenvalue weighted by Crippen LogP contribution is 2.35. The molecule has 0 N–H and O–H groups in total. The van der Waals surface area contributed by atoms with Crippen molar-refractivity contribution in [3.8, 4) is 6.07 Å². The summed E-state index contributed by atoms with van der Waals surface area (Å²) in [5.74, 6) is -0.398. The van der Waals surface area contributed by atoms with Gasteiger partial charge in [0.2, 0.25) is 0 Å². The van der Waals surface area contributed by atoms with Crippen molar-refractivity contribution in [3.63, 3.8) is 0 Å². The second kappa shape index (κ2) is 8.16. The van der Waals surface area contributed by atoms with E-state index in [1.165, 1.54) is 34.6 Å². The molecule has 10 heteroatoms. The number of allylic oxidation sites excluding steroid dienone is 1. The first-order valence-electron chi connectivity index (χ1n) is 8.45. The van der Waals surface area contributed by atoms with E-state index in [4.69, 9.17) is 12.2 Å². The lowest BCUT2D eigenvalue weighted by Crippen LogP contribution is -2.22. The van der Waals surface area contributed by atoms with E-state index in [1.54, 1.807) is 18.2 Å². The lowest BCUT2D eigenvalue weighted by molar-refractivity contribution is -0.384. The summed E-state index contributed by atoms with van der Waals surface area (Å²) in [4.78, 5) is 29.3. The predicted molar refractivity (Wildman–Crippen MR) is 121 cm³/mol. The number of carbonyl (C=O) groups is 1. The third-order valence-electron chi connectivity index (χ3n) is 4.11. The lowest BCUT2D eigenvalue weighted by atomic mass is 10.2. The van der Waals surface area contributed by atoms with E-state index in [0.29, 0.717) is 15.5 Å². The summed E-state index contributed by atoms with van der Waals surface area (Å²) in [5.41, 5.74) is 1.45. The van der Waals surface area contributed by atoms with Crippen LogP contribution in [-0.2, 0) is 4.79 Å². The van der Waals surface area contributed by atoms with Crippen molar-refractivity contribution in [1.29, 1.82) is 5.26 Å². The number of amides is 1. The molecule has 1 fully saturated rings. The maximum atomic E-state index is 12.8. The summed E-state index contributed by atoms with van der Waals surface area (Å²) < 4.78 is 1.20. The van der Waals surface area contributed by atoms with Crippen molar-refractivity contribution in [2.45, 2.75) is 0 Å². The van der Waals surface area contributed by atoms with Gasteiger partial charge in [-0.25, -0.2) is 4.98 Å². The molecule has 3 aromatic rings. The molecule has 1 aliphatic heterocycles. The van der Waals surface area contributed by atoms with Crippen molar-refractivity contribution < 1.29 is 9.72 Å². The number of rotatable bonds is 4. The molecule has 0 atom stereocenters. The monoisotopic (exact) mass is 450 g/mol. The average Bonchev–Trinajstić information content (AvgIpc) is 3.27. The molecule has 0 saturated carbocycles. The molecule has 0 bridgehead atoms. The summed E-state index contributed by atoms with van der Waals surface area (Å²) in [7, 11) is 0. The Morgan fingerprint density at radius 2 is 2.07 bits per heavy atom. The zero-order chi connectivity index (χ0) is 21.3. The average molecular weight is 451 g/mol. The molecule has 146 valence electrons. The predicted octanol–water partition coefficient (Wildman–Crippen LogP) is 4.97. The minimum atomic E-state index is -0.498. The van der Waals surface area contributed by atoms with E-state index in [2.05, 4.69) is 11.1 Å². The second-order valence-electron chi connectivity index (χ2n) is 6.05. The summed E-state index contributed by atoms with van der Waals surface area (Å²) in [5, 5.41) is 21.1. The highest BCUT2D eigenvalue weighted by atomic mass is 32.2. The van der Waals surface area contributed by atoms with Crippen LogP contribution in [0, 0.1) is 21.4 Å². The Hall–Kier alpha value is -3.39. The number of fused-ring (bicyclic) bond motifs is 1. The molecule has 2 heterocycles. The number of thioether (sulfide) groups is 1. The van der Waals surface area contributed by atoms with Gasteiger partial charge in [0.15, 0.2) is 4.32 Å². The Labute approximate surface area is 184 Å². The number of para-hydroxylation sites is 1. The Bertz CT molecular complexity index is 1290. The number of nitrogens with zero attached hydrogens (tertiary/aromatic N) is 4. The molecule has 7 nitrogen and oxygen atoms in total. The Morgan fingerprint density at radius 1 is 1.27 bits per heavy atom. The zero-order valence-corrected chi connectivity index (χ0v) is 17.5. The number of nitro groups is 1. The minimum Gasteiger partial charge on any atom is -0.268 e. The Kier molecular flexibility index (Phi) is 5.41. The van der Waals surface area contributed by atoms with Gasteiger partial charge in [-0.3, -0.25) is 19.8 Å². The number of non-ortho nitro benzene ring substituents is 1. The standard InChI is InChI=1S/C20H10N4O3S3/c21-10-13(18-22-15-6-1-2-7-16(15)29-18)11-23-19(25)17(30-20(23)28)9-12-4-3-5-14(8-12)24(26)27/h1-9,11H. The summed E-state index contributed by atoms with van der Waals surface area (Å²) in [6.07, 6.45) is 2.94. The minimum absolute atomic E-state index is 0.0678. The van der Waals surface area contributed by atoms with E-state index in [0.717, 1.165) is 22.0 Å². The van der Waals surface area contributed by atoms with Crippen molar-refractivity contribution >= 4 is 73.1 Å². The molecular formula is C20H10N4O3S3. The van der Waals surface area contributed by atoms with E-state index in [1.807, 2.05) is 24.3 Å². The van der Waals surface area contributed by atoms with Crippen LogP contribution in [0.1, 0.15) is 10.6 Å². The van der Waals surface area contributed by atoms with Gasteiger partial charge in [-0.1, -0.05) is 48.2 Å². The van der Waals surface area contributed by atoms with Crippen LogP contribution in [0.3, 0.4) is 0 Å². The first-order valence-corrected chi connectivity index (χ1v) is 10.5. The molecule has 2 aromatic carbocycles. The molecule has 30 heavy (non-hydrogen) atoms. The van der Waals surface area contributed by atoms with Gasteiger partial charge in [0.1, 0.15) is 16.6 Å². The molecule has 1 amide bonds. The quantitative estimate of drug-likeness (QED) is 0.182. The van der Waals surface area contributed by atoms with Gasteiger partial charge < -0.3 is 0 Å². The summed E-state index contributed by atoms with van der Waals surface area (Å²) in [6, 6.07) is 15.6. The van der Waals surface area contributed by atoms with Gasteiger partial charge in [0.05, 0.1) is 20.0 Å². The molecule has 1 aromatic heterocycles. The van der Waals surface area contributed by atoms with Crippen LogP contribution in [0.2, 0.25) is 0 Å². The number of aromatic nitrogens is 1. The first-order chi connectivity index (χ1) is 14.5. The largest absolute Gasteiger partial charge is 0.270 e. The summed E-state index contributed by atoms with van der Waals surface area (Å²) in [6.45, 7) is 0. The van der Waals surface area contributed by atoms with Crippen LogP contribution in [0.5, 0.6) is 0 Å². The number of hydrogen-bond donors (Lipinski definition) is 0. The second-order valence-corrected chi connectivity index (χ2v) is 8.75. The number of thiocarbonyl (C=S) groups is 1. The molecular weight excluding hydrogens is 440 g/mol. The SMILES string of the molecule is N#CC(=CN1C(=O)C(=Cc2cccc([N+](=O)[O-])c2)SC1=S)c1nc2ccccc2s1. The molecule has 1 aliphatic rings. The number of nitriles is 1. The lowest BCUT2D eigenvalue weighted by Gasteiger charge is -2.08. The number of benzene rings is 2. The van der Waals surface area contributed by atoms with E-state index in [9.17, 15) is 20.2 Å². The number of thiazole rings is 1. The van der Waals surface area contributed by atoms with Crippen molar-refractivity contribution in [2.75, 3.05) is 0 Å². The third-order valence-corrected chi connectivity index (χ3v) is 6.51. The highest BCUT2D eigenvalue weighted by molar-refractivity contribution is 8.26. The fourth-order valence-corrected chi connectivity index (χ4v) is 4.85. The van der Waals surface area contributed by atoms with Crippen LogP contribution in [-0.4, -0.2) is 25.0 Å². The van der Waals surface area contributed by atoms with Crippen molar-refractivity contribution in [2.24, 2.45) is 0 Å². The van der Waals surface area contributed by atoms with E-state index in [-0.39, 0.29) is 15.6 Å². The molecule has 1 saturated heterocycles. The van der Waals surface area contributed by atoms with Gasteiger partial charge in [-0.15, -0.1) is 11.3 Å². The Balaban J connectivity index is 1.65. The smallest absolute Gasteiger partial charge is 0.268 e. The fourth-order valence-electron chi connectivity index (χ4n) is 2.72. The molecule has 0 radical (unpaired) electrons. The Morgan fingerprint density at radius 3 is 2.80 bits per heavy atom. The van der Waals surface area contributed by atoms with Crippen LogP contribution in [0.15, 0.2) is 59.6 Å². The van der Waals surface area contributed by atoms with Gasteiger partial charge in [-0.2, -0.15) is 5.26 Å². The highest BCUT2D eigenvalue weighted by Gasteiger charge is 2.31. The normalized spacial score (nSPS) is 15.8. The van der Waals surface area contributed by atoms with Crippen LogP contribution < -0.4 is 0 Å². The molecule has 0 unspecified atom stereocenters. The first kappa shape index (κ1) is 19.9. The number of nitro benzene ring substituents is 1. The molecule has 0 aliphatic carbocycles. The maximum absolute atomic E-state index is 12.8. The van der Waals surface area contributed by atoms with Gasteiger partial charge >= 0.3 is 0 Å². The van der Waals surface area contributed by atoms with Crippen molar-refractivity contribution in [1.82, 2.24) is 9.88 Å². The van der Waals surface area contributed by atoms with Crippen LogP contribution in [0.4, 0.5) is 5.69 Å². The van der Waals surface area contributed by atoms with Crippen LogP contribution >= 0.6 is 35.3 Å². The topological polar surface area (TPSA) is 100 Å². The number of hydrogen-bond acceptors (Lipinski definition) is 8. The van der Waals surface area contributed by atoms with Gasteiger partial charge in [0.25, 0.3) is 11.6 Å². The summed E-state index contributed by atoms with van der Waals surface area (Å²) >= 11 is 7.73.